The summed E-state index contributed by atoms with van der Waals surface area (Å²) in [7, 11) is 0. The second-order valence-electron chi connectivity index (χ2n) is 4.97. The van der Waals surface area contributed by atoms with Crippen molar-refractivity contribution in [1.82, 2.24) is 4.90 Å². The lowest BCUT2D eigenvalue weighted by atomic mass is 10.1. The Balaban J connectivity index is 1.66. The summed E-state index contributed by atoms with van der Waals surface area (Å²) in [6.07, 6.45) is 1.24. The molecule has 1 atom stereocenters. The Hall–Kier alpha value is -1.89. The topological polar surface area (TPSA) is 79.2 Å². The summed E-state index contributed by atoms with van der Waals surface area (Å²) in [5.74, 6) is -1.30. The second kappa shape index (κ2) is 5.24. The van der Waals surface area contributed by atoms with Crippen LogP contribution in [0, 0.1) is 0 Å². The molecule has 1 saturated carbocycles. The fourth-order valence-electron chi connectivity index (χ4n) is 2.17. The highest BCUT2D eigenvalue weighted by atomic mass is 32.1. The molecule has 0 radical (unpaired) electrons. The molecule has 1 N–H and O–H groups in total. The molecule has 6 nitrogen and oxygen atoms in total. The summed E-state index contributed by atoms with van der Waals surface area (Å²) in [4.78, 5) is 30.0. The fraction of sp³-hybridized carbons (Fsp3) is 0.462. The van der Waals surface area contributed by atoms with Gasteiger partial charge in [0.2, 0.25) is 6.10 Å². The van der Waals surface area contributed by atoms with Crippen LogP contribution in [0.4, 0.5) is 0 Å². The van der Waals surface area contributed by atoms with E-state index in [0.29, 0.717) is 6.54 Å². The van der Waals surface area contributed by atoms with Crippen molar-refractivity contribution in [2.45, 2.75) is 38.0 Å². The number of carbonyl (C=O) groups is 2. The van der Waals surface area contributed by atoms with Gasteiger partial charge in [0, 0.05) is 19.0 Å². The summed E-state index contributed by atoms with van der Waals surface area (Å²) < 4.78 is 0. The third-order valence-electron chi connectivity index (χ3n) is 3.39. The van der Waals surface area contributed by atoms with E-state index in [1.54, 1.807) is 16.2 Å². The highest BCUT2D eigenvalue weighted by Gasteiger charge is 2.40. The van der Waals surface area contributed by atoms with Crippen LogP contribution < -0.4 is 0 Å². The summed E-state index contributed by atoms with van der Waals surface area (Å²) >= 11 is 1.59. The van der Waals surface area contributed by atoms with Crippen molar-refractivity contribution in [1.29, 1.82) is 0 Å². The van der Waals surface area contributed by atoms with Crippen molar-refractivity contribution in [3.05, 3.63) is 22.4 Å². The van der Waals surface area contributed by atoms with Crippen molar-refractivity contribution in [3.63, 3.8) is 0 Å². The van der Waals surface area contributed by atoms with E-state index in [9.17, 15) is 9.59 Å². The lowest BCUT2D eigenvalue weighted by molar-refractivity contribution is -0.143. The van der Waals surface area contributed by atoms with Gasteiger partial charge in [-0.05, 0) is 35.2 Å². The molecule has 1 unspecified atom stereocenters. The maximum absolute atomic E-state index is 12.5. The zero-order chi connectivity index (χ0) is 14.1. The van der Waals surface area contributed by atoms with E-state index in [1.165, 1.54) is 0 Å². The number of carbonyl (C=O) groups excluding carboxylic acids is 1. The van der Waals surface area contributed by atoms with Crippen LogP contribution in [0.1, 0.15) is 24.8 Å². The highest BCUT2D eigenvalue weighted by Crippen LogP contribution is 2.30. The van der Waals surface area contributed by atoms with Gasteiger partial charge in [-0.25, -0.2) is 4.79 Å². The number of aliphatic carboxylic acids is 1. The Morgan fingerprint density at radius 3 is 2.85 bits per heavy atom. The molecule has 2 aliphatic rings. The van der Waals surface area contributed by atoms with Crippen molar-refractivity contribution in [2.75, 3.05) is 0 Å². The molecule has 0 spiro atoms. The summed E-state index contributed by atoms with van der Waals surface area (Å²) in [6.45, 7) is 0.551. The van der Waals surface area contributed by atoms with Crippen LogP contribution in [0.25, 0.3) is 0 Å². The quantitative estimate of drug-likeness (QED) is 0.892. The highest BCUT2D eigenvalue weighted by molar-refractivity contribution is 7.07. The SMILES string of the molecule is O=C(O)C1=NOC(C(=O)N(Cc2ccsc2)C2CC2)C1. The van der Waals surface area contributed by atoms with Crippen LogP contribution in [-0.2, 0) is 21.0 Å². The van der Waals surface area contributed by atoms with E-state index in [-0.39, 0.29) is 24.1 Å². The zero-order valence-electron chi connectivity index (χ0n) is 10.7. The molecule has 1 amide bonds. The molecule has 1 aliphatic carbocycles. The lowest BCUT2D eigenvalue weighted by Crippen LogP contribution is -2.40. The van der Waals surface area contributed by atoms with Crippen molar-refractivity contribution in [3.8, 4) is 0 Å². The van der Waals surface area contributed by atoms with Crippen LogP contribution in [0.2, 0.25) is 0 Å². The number of amides is 1. The van der Waals surface area contributed by atoms with E-state index in [4.69, 9.17) is 9.94 Å². The van der Waals surface area contributed by atoms with Crippen LogP contribution >= 0.6 is 11.3 Å². The number of oxime groups is 1. The second-order valence-corrected chi connectivity index (χ2v) is 5.75. The molecule has 106 valence electrons. The molecule has 1 aromatic rings. The standard InChI is InChI=1S/C13H14N2O4S/c16-12(11-5-10(13(17)18)14-19-11)15(9-1-2-9)6-8-3-4-20-7-8/h3-4,7,9,11H,1-2,5-6H2,(H,17,18). The largest absolute Gasteiger partial charge is 0.477 e. The predicted molar refractivity (Wildman–Crippen MR) is 72.5 cm³/mol. The Morgan fingerprint density at radius 1 is 1.50 bits per heavy atom. The van der Waals surface area contributed by atoms with E-state index in [1.807, 2.05) is 16.8 Å². The van der Waals surface area contributed by atoms with Gasteiger partial charge in [0.1, 0.15) is 0 Å². The van der Waals surface area contributed by atoms with Gasteiger partial charge < -0.3 is 14.8 Å². The van der Waals surface area contributed by atoms with Gasteiger partial charge in [-0.1, -0.05) is 5.16 Å². The van der Waals surface area contributed by atoms with Crippen LogP contribution in [0.5, 0.6) is 0 Å². The number of rotatable bonds is 5. The number of thiophene rings is 1. The van der Waals surface area contributed by atoms with Gasteiger partial charge in [-0.3, -0.25) is 4.79 Å². The maximum atomic E-state index is 12.5. The van der Waals surface area contributed by atoms with E-state index >= 15 is 0 Å². The number of hydrogen-bond acceptors (Lipinski definition) is 5. The predicted octanol–water partition coefficient (Wildman–Crippen LogP) is 1.47. The molecular weight excluding hydrogens is 280 g/mol. The van der Waals surface area contributed by atoms with Crippen molar-refractivity contribution in [2.24, 2.45) is 5.16 Å². The van der Waals surface area contributed by atoms with Gasteiger partial charge in [-0.15, -0.1) is 0 Å². The average molecular weight is 294 g/mol. The first kappa shape index (κ1) is 13.1. The first-order chi connectivity index (χ1) is 9.65. The Labute approximate surface area is 119 Å². The number of hydrogen-bond donors (Lipinski definition) is 1. The molecular formula is C13H14N2O4S. The van der Waals surface area contributed by atoms with Crippen LogP contribution in [-0.4, -0.2) is 39.7 Å². The van der Waals surface area contributed by atoms with Crippen molar-refractivity contribution >= 4 is 28.9 Å². The summed E-state index contributed by atoms with van der Waals surface area (Å²) in [5, 5.41) is 16.3. The minimum atomic E-state index is -1.13. The molecule has 1 aromatic heterocycles. The first-order valence-corrected chi connectivity index (χ1v) is 7.37. The average Bonchev–Trinajstić information content (AvgIpc) is 2.95. The maximum Gasteiger partial charge on any atom is 0.353 e. The van der Waals surface area contributed by atoms with Gasteiger partial charge >= 0.3 is 5.97 Å². The van der Waals surface area contributed by atoms with E-state index < -0.39 is 12.1 Å². The lowest BCUT2D eigenvalue weighted by Gasteiger charge is -2.24. The van der Waals surface area contributed by atoms with Crippen LogP contribution in [0.3, 0.4) is 0 Å². The molecule has 7 heteroatoms. The van der Waals surface area contributed by atoms with Gasteiger partial charge in [0.15, 0.2) is 5.71 Å². The monoisotopic (exact) mass is 294 g/mol. The van der Waals surface area contributed by atoms with Gasteiger partial charge in [-0.2, -0.15) is 11.3 Å². The minimum absolute atomic E-state index is 0.0427. The minimum Gasteiger partial charge on any atom is -0.477 e. The Morgan fingerprint density at radius 2 is 2.30 bits per heavy atom. The van der Waals surface area contributed by atoms with E-state index in [0.717, 1.165) is 18.4 Å². The molecule has 0 bridgehead atoms. The number of nitrogens with zero attached hydrogens (tertiary/aromatic N) is 2. The molecule has 1 aliphatic heterocycles. The first-order valence-electron chi connectivity index (χ1n) is 6.42. The number of carboxylic acids is 1. The third kappa shape index (κ3) is 2.67. The van der Waals surface area contributed by atoms with Crippen LogP contribution in [0.15, 0.2) is 22.0 Å². The normalized spacial score (nSPS) is 21.2. The van der Waals surface area contributed by atoms with Gasteiger partial charge in [0.25, 0.3) is 5.91 Å². The van der Waals surface area contributed by atoms with Crippen molar-refractivity contribution < 1.29 is 19.5 Å². The molecule has 0 aromatic carbocycles. The summed E-state index contributed by atoms with van der Waals surface area (Å²) in [6, 6.07) is 2.24. The molecule has 0 saturated heterocycles. The molecule has 1 fully saturated rings. The molecule has 20 heavy (non-hydrogen) atoms. The van der Waals surface area contributed by atoms with Gasteiger partial charge in [0.05, 0.1) is 0 Å². The smallest absolute Gasteiger partial charge is 0.353 e. The van der Waals surface area contributed by atoms with E-state index in [2.05, 4.69) is 5.16 Å². The number of carboxylic acid groups (broad SMARTS) is 1. The Kier molecular flexibility index (Phi) is 3.43. The summed E-state index contributed by atoms with van der Waals surface area (Å²) in [5.41, 5.74) is 1.00. The molecule has 2 heterocycles. The zero-order valence-corrected chi connectivity index (χ0v) is 11.5. The third-order valence-corrected chi connectivity index (χ3v) is 4.13. The Bertz CT molecular complexity index is 551. The fourth-order valence-corrected chi connectivity index (χ4v) is 2.83. The molecule has 3 rings (SSSR count).